The average molecular weight is 400 g/mol. The molecule has 0 fully saturated rings. The van der Waals surface area contributed by atoms with E-state index < -0.39 is 5.91 Å². The number of aryl methyl sites for hydroxylation is 1. The molecule has 0 aliphatic heterocycles. The van der Waals surface area contributed by atoms with Crippen LogP contribution in [0.25, 0.3) is 0 Å². The van der Waals surface area contributed by atoms with Crippen molar-refractivity contribution in [1.82, 2.24) is 4.98 Å². The third-order valence-corrected chi connectivity index (χ3v) is 5.31. The maximum Gasteiger partial charge on any atom is 0.267 e. The fourth-order valence-corrected chi connectivity index (χ4v) is 3.72. The lowest BCUT2D eigenvalue weighted by Gasteiger charge is -2.07. The van der Waals surface area contributed by atoms with Crippen LogP contribution in [0.3, 0.4) is 0 Å². The number of hydrogen-bond acceptors (Lipinski definition) is 6. The molecule has 4 N–H and O–H groups in total. The minimum absolute atomic E-state index is 0.0714. The Morgan fingerprint density at radius 1 is 1.15 bits per heavy atom. The molecule has 0 atom stereocenters. The number of nitrogens with two attached hydrogens (primary N) is 1. The van der Waals surface area contributed by atoms with Crippen molar-refractivity contribution in [2.45, 2.75) is 13.3 Å². The normalized spacial score (nSPS) is 10.4. The van der Waals surface area contributed by atoms with Gasteiger partial charge in [0.25, 0.3) is 5.91 Å². The van der Waals surface area contributed by atoms with Crippen molar-refractivity contribution >= 4 is 51.2 Å². The molecule has 0 aliphatic carbocycles. The lowest BCUT2D eigenvalue weighted by molar-refractivity contribution is -0.115. The van der Waals surface area contributed by atoms with Crippen LogP contribution >= 0.6 is 22.7 Å². The number of anilines is 2. The minimum atomic E-state index is -0.509. The molecular weight excluding hydrogens is 384 g/mol. The minimum Gasteiger partial charge on any atom is -0.366 e. The fourth-order valence-electron chi connectivity index (χ4n) is 2.40. The van der Waals surface area contributed by atoms with E-state index in [2.05, 4.69) is 15.6 Å². The van der Waals surface area contributed by atoms with Crippen molar-refractivity contribution in [3.8, 4) is 0 Å². The second-order valence-corrected chi connectivity index (χ2v) is 7.50. The van der Waals surface area contributed by atoms with Gasteiger partial charge in [0.15, 0.2) is 5.13 Å². The van der Waals surface area contributed by atoms with Gasteiger partial charge >= 0.3 is 0 Å². The molecule has 138 valence electrons. The van der Waals surface area contributed by atoms with Gasteiger partial charge in [-0.2, -0.15) is 0 Å². The van der Waals surface area contributed by atoms with Gasteiger partial charge < -0.3 is 11.1 Å². The lowest BCUT2D eigenvalue weighted by atomic mass is 10.1. The molecule has 0 saturated carbocycles. The summed E-state index contributed by atoms with van der Waals surface area (Å²) in [7, 11) is 0. The molecule has 3 aromatic rings. The Morgan fingerprint density at radius 2 is 1.96 bits per heavy atom. The number of amides is 3. The van der Waals surface area contributed by atoms with Crippen molar-refractivity contribution in [2.24, 2.45) is 5.73 Å². The maximum absolute atomic E-state index is 12.2. The van der Waals surface area contributed by atoms with Gasteiger partial charge in [-0.15, -0.1) is 22.7 Å². The number of carbonyl (C=O) groups is 3. The topological polar surface area (TPSA) is 114 Å². The number of nitrogens with one attached hydrogen (secondary N) is 2. The number of aromatic nitrogens is 1. The SMILES string of the molecule is Cc1cc(NC(=O)Cc2csc(NC(=O)c3cccs3)n2)ccc1C(N)=O. The summed E-state index contributed by atoms with van der Waals surface area (Å²) in [5.41, 5.74) is 7.51. The van der Waals surface area contributed by atoms with E-state index in [4.69, 9.17) is 5.73 Å². The summed E-state index contributed by atoms with van der Waals surface area (Å²) in [6.07, 6.45) is 0.0714. The highest BCUT2D eigenvalue weighted by molar-refractivity contribution is 7.14. The Labute approximate surface area is 163 Å². The molecule has 27 heavy (non-hydrogen) atoms. The van der Waals surface area contributed by atoms with Gasteiger partial charge in [0, 0.05) is 16.6 Å². The number of rotatable bonds is 6. The zero-order chi connectivity index (χ0) is 19.4. The van der Waals surface area contributed by atoms with E-state index in [9.17, 15) is 14.4 Å². The van der Waals surface area contributed by atoms with Crippen LogP contribution in [0.2, 0.25) is 0 Å². The maximum atomic E-state index is 12.2. The van der Waals surface area contributed by atoms with Crippen LogP contribution in [0.1, 0.15) is 31.3 Å². The van der Waals surface area contributed by atoms with Crippen LogP contribution in [-0.4, -0.2) is 22.7 Å². The summed E-state index contributed by atoms with van der Waals surface area (Å²) in [4.78, 5) is 40.3. The predicted molar refractivity (Wildman–Crippen MR) is 106 cm³/mol. The Hall–Kier alpha value is -3.04. The monoisotopic (exact) mass is 400 g/mol. The van der Waals surface area contributed by atoms with E-state index in [0.717, 1.165) is 0 Å². The smallest absolute Gasteiger partial charge is 0.267 e. The Bertz CT molecular complexity index is 996. The van der Waals surface area contributed by atoms with E-state index in [1.807, 2.05) is 5.38 Å². The average Bonchev–Trinajstić information content (AvgIpc) is 3.26. The van der Waals surface area contributed by atoms with Gasteiger partial charge in [0.05, 0.1) is 17.0 Å². The largest absolute Gasteiger partial charge is 0.366 e. The summed E-state index contributed by atoms with van der Waals surface area (Å²) in [5, 5.41) is 9.47. The number of thiophene rings is 1. The van der Waals surface area contributed by atoms with Gasteiger partial charge in [-0.05, 0) is 42.1 Å². The number of nitrogens with zero attached hydrogens (tertiary/aromatic N) is 1. The molecule has 2 aromatic heterocycles. The molecule has 0 spiro atoms. The zero-order valence-corrected chi connectivity index (χ0v) is 15.9. The first kappa shape index (κ1) is 18.7. The van der Waals surface area contributed by atoms with Crippen molar-refractivity contribution < 1.29 is 14.4 Å². The molecule has 0 bridgehead atoms. The Balaban J connectivity index is 1.58. The van der Waals surface area contributed by atoms with Crippen LogP contribution in [0.15, 0.2) is 41.1 Å². The number of carbonyl (C=O) groups excluding carboxylic acids is 3. The first-order chi connectivity index (χ1) is 12.9. The Kier molecular flexibility index (Phi) is 5.63. The van der Waals surface area contributed by atoms with Gasteiger partial charge in [0.2, 0.25) is 11.8 Å². The molecule has 3 amide bonds. The molecule has 3 rings (SSSR count). The van der Waals surface area contributed by atoms with Crippen LogP contribution in [0.5, 0.6) is 0 Å². The molecule has 0 saturated heterocycles. The highest BCUT2D eigenvalue weighted by atomic mass is 32.1. The fraction of sp³-hybridized carbons (Fsp3) is 0.111. The molecule has 0 aliphatic rings. The molecule has 9 heteroatoms. The summed E-state index contributed by atoms with van der Waals surface area (Å²) in [6.45, 7) is 1.75. The quantitative estimate of drug-likeness (QED) is 0.590. The van der Waals surface area contributed by atoms with Gasteiger partial charge in [-0.25, -0.2) is 4.98 Å². The highest BCUT2D eigenvalue weighted by Crippen LogP contribution is 2.19. The standard InChI is InChI=1S/C18H16N4O3S2/c1-10-7-11(4-5-13(10)16(19)24)20-15(23)8-12-9-27-18(21-12)22-17(25)14-3-2-6-26-14/h2-7,9H,8H2,1H3,(H2,19,24)(H,20,23)(H,21,22,25). The van der Waals surface area contributed by atoms with E-state index in [1.165, 1.54) is 22.7 Å². The van der Waals surface area contributed by atoms with Gasteiger partial charge in [-0.3, -0.25) is 19.7 Å². The second kappa shape index (κ2) is 8.11. The third-order valence-electron chi connectivity index (χ3n) is 3.63. The summed E-state index contributed by atoms with van der Waals surface area (Å²) < 4.78 is 0. The lowest BCUT2D eigenvalue weighted by Crippen LogP contribution is -2.16. The Morgan fingerprint density at radius 3 is 2.63 bits per heavy atom. The van der Waals surface area contributed by atoms with Crippen LogP contribution in [-0.2, 0) is 11.2 Å². The number of hydrogen-bond donors (Lipinski definition) is 3. The van der Waals surface area contributed by atoms with Crippen LogP contribution in [0.4, 0.5) is 10.8 Å². The summed E-state index contributed by atoms with van der Waals surface area (Å²) in [6, 6.07) is 8.42. The van der Waals surface area contributed by atoms with E-state index in [-0.39, 0.29) is 18.2 Å². The first-order valence-electron chi connectivity index (χ1n) is 7.92. The summed E-state index contributed by atoms with van der Waals surface area (Å²) >= 11 is 2.61. The molecule has 7 nitrogen and oxygen atoms in total. The second-order valence-electron chi connectivity index (χ2n) is 5.69. The highest BCUT2D eigenvalue weighted by Gasteiger charge is 2.13. The number of benzene rings is 1. The molecule has 0 radical (unpaired) electrons. The van der Waals surface area contributed by atoms with Crippen molar-refractivity contribution in [1.29, 1.82) is 0 Å². The predicted octanol–water partition coefficient (Wildman–Crippen LogP) is 3.05. The van der Waals surface area contributed by atoms with Crippen molar-refractivity contribution in [3.63, 3.8) is 0 Å². The van der Waals surface area contributed by atoms with E-state index in [0.29, 0.717) is 32.5 Å². The zero-order valence-electron chi connectivity index (χ0n) is 14.3. The van der Waals surface area contributed by atoms with E-state index >= 15 is 0 Å². The molecule has 1 aromatic carbocycles. The van der Waals surface area contributed by atoms with Gasteiger partial charge in [0.1, 0.15) is 0 Å². The number of primary amides is 1. The molecule has 2 heterocycles. The third kappa shape index (κ3) is 4.78. The van der Waals surface area contributed by atoms with Gasteiger partial charge in [-0.1, -0.05) is 6.07 Å². The summed E-state index contributed by atoms with van der Waals surface area (Å²) in [5.74, 6) is -0.979. The molecule has 0 unspecified atom stereocenters. The first-order valence-corrected chi connectivity index (χ1v) is 9.68. The van der Waals surface area contributed by atoms with Crippen LogP contribution in [0, 0.1) is 6.92 Å². The molecular formula is C18H16N4O3S2. The number of thiazole rings is 1. The van der Waals surface area contributed by atoms with E-state index in [1.54, 1.807) is 42.6 Å². The van der Waals surface area contributed by atoms with Crippen molar-refractivity contribution in [2.75, 3.05) is 10.6 Å². The van der Waals surface area contributed by atoms with Crippen molar-refractivity contribution in [3.05, 3.63) is 62.8 Å². The van der Waals surface area contributed by atoms with Crippen LogP contribution < -0.4 is 16.4 Å².